The van der Waals surface area contributed by atoms with E-state index in [1.165, 1.54) is 18.2 Å². The molecule has 0 atom stereocenters. The smallest absolute Gasteiger partial charge is 0.379 e. The maximum Gasteiger partial charge on any atom is 0.379 e. The fourth-order valence-corrected chi connectivity index (χ4v) is 2.13. The number of hydrogen-bond acceptors (Lipinski definition) is 4. The van der Waals surface area contributed by atoms with Crippen molar-refractivity contribution in [3.63, 3.8) is 0 Å². The van der Waals surface area contributed by atoms with E-state index in [9.17, 15) is 13.6 Å². The van der Waals surface area contributed by atoms with Gasteiger partial charge in [0.25, 0.3) is 0 Å². The normalized spacial score (nSPS) is 10.9. The van der Waals surface area contributed by atoms with Crippen LogP contribution in [0.1, 0.15) is 16.7 Å². The van der Waals surface area contributed by atoms with Crippen molar-refractivity contribution in [3.05, 3.63) is 57.7 Å². The first kappa shape index (κ1) is 16.8. The zero-order chi connectivity index (χ0) is 17.0. The number of carbonyl (C=O) groups is 1. The van der Waals surface area contributed by atoms with E-state index in [-0.39, 0.29) is 23.6 Å². The van der Waals surface area contributed by atoms with Gasteiger partial charge in [0.05, 0.1) is 11.6 Å². The van der Waals surface area contributed by atoms with Crippen molar-refractivity contribution in [2.45, 2.75) is 12.5 Å². The number of rotatable bonds is 5. The van der Waals surface area contributed by atoms with Gasteiger partial charge in [0.2, 0.25) is 5.88 Å². The van der Waals surface area contributed by atoms with Crippen LogP contribution in [-0.2, 0) is 17.3 Å². The second kappa shape index (κ2) is 6.71. The van der Waals surface area contributed by atoms with Crippen LogP contribution in [0.25, 0.3) is 0 Å². The molecule has 2 rings (SSSR count). The third kappa shape index (κ3) is 3.81. The number of alkyl halides is 2. The van der Waals surface area contributed by atoms with Crippen LogP contribution in [0.2, 0.25) is 0 Å². The standard InChI is InChI=1S/C15H9BrF2N2O3/c16-12-2-1-3-13(20-12)23-8-10-5-4-9(7-19)6-11(10)15(17,18)14(21)22/h1-6H,8H2,(H,21,22). The second-order valence-electron chi connectivity index (χ2n) is 4.45. The molecule has 0 bridgehead atoms. The summed E-state index contributed by atoms with van der Waals surface area (Å²) >= 11 is 3.15. The first-order chi connectivity index (χ1) is 10.8. The van der Waals surface area contributed by atoms with Gasteiger partial charge >= 0.3 is 11.9 Å². The Hall–Kier alpha value is -2.53. The molecule has 0 fully saturated rings. The molecule has 1 aromatic carbocycles. The fraction of sp³-hybridized carbons (Fsp3) is 0.133. The van der Waals surface area contributed by atoms with Gasteiger partial charge in [-0.1, -0.05) is 12.1 Å². The van der Waals surface area contributed by atoms with Gasteiger partial charge < -0.3 is 9.84 Å². The molecule has 0 amide bonds. The summed E-state index contributed by atoms with van der Waals surface area (Å²) in [6.45, 7) is -0.312. The van der Waals surface area contributed by atoms with Crippen LogP contribution in [-0.4, -0.2) is 16.1 Å². The number of nitrogens with zero attached hydrogens (tertiary/aromatic N) is 2. The molecular formula is C15H9BrF2N2O3. The van der Waals surface area contributed by atoms with E-state index in [1.54, 1.807) is 18.2 Å². The third-order valence-electron chi connectivity index (χ3n) is 2.91. The Kier molecular flexibility index (Phi) is 4.91. The molecule has 0 radical (unpaired) electrons. The average molecular weight is 383 g/mol. The van der Waals surface area contributed by atoms with Crippen molar-refractivity contribution in [3.8, 4) is 11.9 Å². The highest BCUT2D eigenvalue weighted by molar-refractivity contribution is 9.10. The van der Waals surface area contributed by atoms with E-state index >= 15 is 0 Å². The number of pyridine rings is 1. The van der Waals surface area contributed by atoms with Crippen LogP contribution < -0.4 is 4.74 Å². The highest BCUT2D eigenvalue weighted by Gasteiger charge is 2.43. The monoisotopic (exact) mass is 382 g/mol. The Labute approximate surface area is 138 Å². The second-order valence-corrected chi connectivity index (χ2v) is 5.26. The van der Waals surface area contributed by atoms with Gasteiger partial charge in [-0.25, -0.2) is 9.78 Å². The first-order valence-corrected chi connectivity index (χ1v) is 7.04. The molecule has 0 aliphatic rings. The SMILES string of the molecule is N#Cc1ccc(COc2cccc(Br)n2)c(C(F)(F)C(=O)O)c1. The van der Waals surface area contributed by atoms with Crippen LogP contribution in [0.3, 0.4) is 0 Å². The van der Waals surface area contributed by atoms with E-state index < -0.39 is 17.5 Å². The summed E-state index contributed by atoms with van der Waals surface area (Å²) < 4.78 is 33.5. The molecule has 2 aromatic rings. The number of carboxylic acids is 1. The number of nitriles is 1. The number of aromatic nitrogens is 1. The van der Waals surface area contributed by atoms with Crippen molar-refractivity contribution in [1.29, 1.82) is 5.26 Å². The predicted molar refractivity (Wildman–Crippen MR) is 79.0 cm³/mol. The van der Waals surface area contributed by atoms with E-state index in [4.69, 9.17) is 15.1 Å². The third-order valence-corrected chi connectivity index (χ3v) is 3.35. The zero-order valence-electron chi connectivity index (χ0n) is 11.5. The minimum absolute atomic E-state index is 0.0434. The van der Waals surface area contributed by atoms with Crippen LogP contribution in [0.15, 0.2) is 41.0 Å². The van der Waals surface area contributed by atoms with Gasteiger partial charge in [0.15, 0.2) is 0 Å². The van der Waals surface area contributed by atoms with Gasteiger partial charge in [-0.2, -0.15) is 14.0 Å². The highest BCUT2D eigenvalue weighted by Crippen LogP contribution is 2.32. The lowest BCUT2D eigenvalue weighted by Gasteiger charge is -2.16. The number of hydrogen-bond donors (Lipinski definition) is 1. The molecule has 23 heavy (non-hydrogen) atoms. The molecule has 5 nitrogen and oxygen atoms in total. The number of carboxylic acid groups (broad SMARTS) is 1. The van der Waals surface area contributed by atoms with E-state index in [1.807, 2.05) is 0 Å². The lowest BCUT2D eigenvalue weighted by molar-refractivity contribution is -0.166. The van der Waals surface area contributed by atoms with Gasteiger partial charge in [-0.05, 0) is 39.7 Å². The Morgan fingerprint density at radius 1 is 1.39 bits per heavy atom. The quantitative estimate of drug-likeness (QED) is 0.800. The van der Waals surface area contributed by atoms with Crippen LogP contribution >= 0.6 is 15.9 Å². The highest BCUT2D eigenvalue weighted by atomic mass is 79.9. The molecule has 0 unspecified atom stereocenters. The van der Waals surface area contributed by atoms with E-state index in [0.717, 1.165) is 6.07 Å². The molecule has 0 saturated carbocycles. The Morgan fingerprint density at radius 2 is 2.13 bits per heavy atom. The van der Waals surface area contributed by atoms with Gasteiger partial charge in [-0.15, -0.1) is 0 Å². The lowest BCUT2D eigenvalue weighted by atomic mass is 9.99. The molecule has 8 heteroatoms. The lowest BCUT2D eigenvalue weighted by Crippen LogP contribution is -2.27. The molecule has 0 aliphatic heterocycles. The fourth-order valence-electron chi connectivity index (χ4n) is 1.80. The summed E-state index contributed by atoms with van der Waals surface area (Å²) in [4.78, 5) is 14.8. The van der Waals surface area contributed by atoms with Crippen LogP contribution in [0.4, 0.5) is 8.78 Å². The predicted octanol–water partition coefficient (Wildman–Crippen LogP) is 3.47. The Bertz CT molecular complexity index is 791. The van der Waals surface area contributed by atoms with E-state index in [2.05, 4.69) is 20.9 Å². The number of benzene rings is 1. The van der Waals surface area contributed by atoms with Crippen molar-refractivity contribution < 1.29 is 23.4 Å². The summed E-state index contributed by atoms with van der Waals surface area (Å²) in [5, 5.41) is 17.5. The van der Waals surface area contributed by atoms with Crippen molar-refractivity contribution in [2.75, 3.05) is 0 Å². The maximum absolute atomic E-state index is 13.9. The minimum atomic E-state index is -4.13. The Balaban J connectivity index is 2.35. The maximum atomic E-state index is 13.9. The summed E-state index contributed by atoms with van der Waals surface area (Å²) in [6, 6.07) is 9.95. The molecule has 0 saturated heterocycles. The molecule has 1 heterocycles. The number of halogens is 3. The van der Waals surface area contributed by atoms with Crippen molar-refractivity contribution in [2.24, 2.45) is 0 Å². The van der Waals surface area contributed by atoms with Crippen LogP contribution in [0.5, 0.6) is 5.88 Å². The number of ether oxygens (including phenoxy) is 1. The van der Waals surface area contributed by atoms with Gasteiger partial charge in [0.1, 0.15) is 11.2 Å². The zero-order valence-corrected chi connectivity index (χ0v) is 13.0. The van der Waals surface area contributed by atoms with Crippen molar-refractivity contribution in [1.82, 2.24) is 4.98 Å². The van der Waals surface area contributed by atoms with Gasteiger partial charge in [-0.3, -0.25) is 0 Å². The minimum Gasteiger partial charge on any atom is -0.477 e. The average Bonchev–Trinajstić information content (AvgIpc) is 2.52. The molecular weight excluding hydrogens is 374 g/mol. The Morgan fingerprint density at radius 3 is 2.74 bits per heavy atom. The van der Waals surface area contributed by atoms with Crippen molar-refractivity contribution >= 4 is 21.9 Å². The summed E-state index contributed by atoms with van der Waals surface area (Å²) in [6.07, 6.45) is 0. The topological polar surface area (TPSA) is 83.2 Å². The summed E-state index contributed by atoms with van der Waals surface area (Å²) in [5.74, 6) is -6.24. The molecule has 0 aliphatic carbocycles. The largest absolute Gasteiger partial charge is 0.477 e. The molecule has 1 N–H and O–H groups in total. The summed E-state index contributed by atoms with van der Waals surface area (Å²) in [5.41, 5.74) is -0.887. The van der Waals surface area contributed by atoms with Crippen LogP contribution in [0, 0.1) is 11.3 Å². The molecule has 118 valence electrons. The summed E-state index contributed by atoms with van der Waals surface area (Å²) in [7, 11) is 0. The molecule has 1 aromatic heterocycles. The first-order valence-electron chi connectivity index (χ1n) is 6.24. The van der Waals surface area contributed by atoms with E-state index in [0.29, 0.717) is 4.60 Å². The van der Waals surface area contributed by atoms with Gasteiger partial charge in [0, 0.05) is 11.6 Å². The number of aliphatic carboxylic acids is 1. The molecule has 0 spiro atoms.